The van der Waals surface area contributed by atoms with Crippen LogP contribution in [0.3, 0.4) is 0 Å². The Kier molecular flexibility index (Phi) is 4.41. The summed E-state index contributed by atoms with van der Waals surface area (Å²) in [5.74, 6) is 0. The van der Waals surface area contributed by atoms with Crippen molar-refractivity contribution in [2.75, 3.05) is 0 Å². The van der Waals surface area contributed by atoms with E-state index < -0.39 is 0 Å². The maximum absolute atomic E-state index is 6.35. The summed E-state index contributed by atoms with van der Waals surface area (Å²) in [5, 5.41) is 0. The van der Waals surface area contributed by atoms with Crippen molar-refractivity contribution in [3.63, 3.8) is 0 Å². The molecule has 0 amide bonds. The van der Waals surface area contributed by atoms with Gasteiger partial charge >= 0.3 is 7.12 Å². The minimum atomic E-state index is -0.280. The summed E-state index contributed by atoms with van der Waals surface area (Å²) in [5.41, 5.74) is 4.91. The molecule has 0 atom stereocenters. The highest BCUT2D eigenvalue weighted by Gasteiger charge is 2.53. The third-order valence-corrected chi connectivity index (χ3v) is 7.20. The van der Waals surface area contributed by atoms with Crippen LogP contribution < -0.4 is 0 Å². The van der Waals surface area contributed by atoms with E-state index in [1.807, 2.05) is 11.3 Å². The highest BCUT2D eigenvalue weighted by atomic mass is 32.1. The zero-order valence-corrected chi connectivity index (χ0v) is 17.2. The fraction of sp³-hybridized carbons (Fsp3) is 0.455. The molecule has 2 aromatic rings. The van der Waals surface area contributed by atoms with Gasteiger partial charge in [-0.3, -0.25) is 0 Å². The van der Waals surface area contributed by atoms with E-state index in [1.54, 1.807) is 0 Å². The first-order valence-corrected chi connectivity index (χ1v) is 10.3. The van der Waals surface area contributed by atoms with Crippen LogP contribution in [0.15, 0.2) is 41.9 Å². The number of allylic oxidation sites excluding steroid dienone is 2. The minimum Gasteiger partial charge on any atom is -0.400 e. The van der Waals surface area contributed by atoms with Gasteiger partial charge in [-0.2, -0.15) is 0 Å². The van der Waals surface area contributed by atoms with E-state index in [-0.39, 0.29) is 18.3 Å². The molecule has 1 saturated heterocycles. The molecule has 2 aliphatic rings. The van der Waals surface area contributed by atoms with Gasteiger partial charge in [0.1, 0.15) is 0 Å². The average Bonchev–Trinajstić information content (AvgIpc) is 3.25. The zero-order valence-electron chi connectivity index (χ0n) is 16.4. The fourth-order valence-corrected chi connectivity index (χ4v) is 4.90. The van der Waals surface area contributed by atoms with Gasteiger partial charge in [0.2, 0.25) is 0 Å². The summed E-state index contributed by atoms with van der Waals surface area (Å²) < 4.78 is 12.7. The second-order valence-corrected chi connectivity index (χ2v) is 9.65. The molecule has 0 bridgehead atoms. The summed E-state index contributed by atoms with van der Waals surface area (Å²) in [6.07, 6.45) is 3.37. The van der Waals surface area contributed by atoms with Gasteiger partial charge in [0.25, 0.3) is 0 Å². The van der Waals surface area contributed by atoms with Crippen LogP contribution in [0.1, 0.15) is 57.4 Å². The Labute approximate surface area is 161 Å². The smallest absolute Gasteiger partial charge is 0.400 e. The first-order chi connectivity index (χ1) is 12.3. The number of benzene rings is 1. The van der Waals surface area contributed by atoms with Crippen LogP contribution in [0.25, 0.3) is 16.0 Å². The lowest BCUT2D eigenvalue weighted by Crippen LogP contribution is -2.41. The Morgan fingerprint density at radius 2 is 1.62 bits per heavy atom. The maximum atomic E-state index is 6.35. The van der Waals surface area contributed by atoms with E-state index in [4.69, 9.17) is 9.31 Å². The van der Waals surface area contributed by atoms with Gasteiger partial charge in [-0.25, -0.2) is 0 Å². The summed E-state index contributed by atoms with van der Waals surface area (Å²) in [4.78, 5) is 2.72. The predicted molar refractivity (Wildman–Crippen MR) is 111 cm³/mol. The summed E-state index contributed by atoms with van der Waals surface area (Å²) in [7, 11) is -0.211. The van der Waals surface area contributed by atoms with Crippen molar-refractivity contribution >= 4 is 24.0 Å². The van der Waals surface area contributed by atoms with E-state index in [9.17, 15) is 0 Å². The molecular weight excluding hydrogens is 339 g/mol. The number of aryl methyl sites for hydroxylation is 1. The Balaban J connectivity index is 1.71. The average molecular weight is 366 g/mol. The molecule has 0 N–H and O–H groups in total. The van der Waals surface area contributed by atoms with Crippen molar-refractivity contribution < 1.29 is 9.31 Å². The molecule has 0 spiro atoms. The van der Waals surface area contributed by atoms with E-state index in [0.717, 1.165) is 12.8 Å². The lowest BCUT2D eigenvalue weighted by Gasteiger charge is -2.32. The number of hydrogen-bond acceptors (Lipinski definition) is 3. The number of thiophene rings is 1. The van der Waals surface area contributed by atoms with E-state index in [0.29, 0.717) is 0 Å². The zero-order chi connectivity index (χ0) is 18.5. The standard InChI is InChI=1S/C22H27BO2S/c1-15-18(14-20(26-15)16-10-7-6-8-11-16)17-12-9-13-19(17)23-24-21(2,3)22(4,5)25-23/h6-8,10-11,14H,9,12-13H2,1-5H3. The summed E-state index contributed by atoms with van der Waals surface area (Å²) in [6.45, 7) is 10.8. The Bertz CT molecular complexity index is 832. The Morgan fingerprint density at radius 1 is 0.962 bits per heavy atom. The molecule has 1 aromatic carbocycles. The first kappa shape index (κ1) is 18.0. The van der Waals surface area contributed by atoms with Crippen molar-refractivity contribution in [2.45, 2.75) is 65.1 Å². The van der Waals surface area contributed by atoms with Gasteiger partial charge in [-0.05, 0) is 82.1 Å². The van der Waals surface area contributed by atoms with E-state index >= 15 is 0 Å². The topological polar surface area (TPSA) is 18.5 Å². The van der Waals surface area contributed by atoms with Gasteiger partial charge < -0.3 is 9.31 Å². The van der Waals surface area contributed by atoms with Gasteiger partial charge in [0, 0.05) is 9.75 Å². The second kappa shape index (κ2) is 6.37. The molecule has 0 radical (unpaired) electrons. The predicted octanol–water partition coefficient (Wildman–Crippen LogP) is 6.29. The lowest BCUT2D eigenvalue weighted by atomic mass is 9.74. The number of hydrogen-bond donors (Lipinski definition) is 0. The largest absolute Gasteiger partial charge is 0.490 e. The molecule has 0 saturated carbocycles. The molecule has 1 aromatic heterocycles. The molecule has 2 nitrogen and oxygen atoms in total. The molecular formula is C22H27BO2S. The van der Waals surface area contributed by atoms with Crippen molar-refractivity contribution in [3.8, 4) is 10.4 Å². The van der Waals surface area contributed by atoms with Crippen molar-refractivity contribution in [1.29, 1.82) is 0 Å². The third-order valence-electron chi connectivity index (χ3n) is 6.10. The molecule has 4 heteroatoms. The van der Waals surface area contributed by atoms with Crippen LogP contribution in [0.2, 0.25) is 0 Å². The molecule has 26 heavy (non-hydrogen) atoms. The first-order valence-electron chi connectivity index (χ1n) is 9.52. The summed E-state index contributed by atoms with van der Waals surface area (Å²) >= 11 is 1.88. The molecule has 1 aliphatic heterocycles. The Morgan fingerprint density at radius 3 is 2.27 bits per heavy atom. The van der Waals surface area contributed by atoms with Crippen LogP contribution in [0.5, 0.6) is 0 Å². The van der Waals surface area contributed by atoms with Crippen molar-refractivity contribution in [2.24, 2.45) is 0 Å². The van der Waals surface area contributed by atoms with E-state index in [1.165, 1.54) is 38.3 Å². The van der Waals surface area contributed by atoms with Crippen LogP contribution in [-0.4, -0.2) is 18.3 Å². The molecule has 136 valence electrons. The monoisotopic (exact) mass is 366 g/mol. The quantitative estimate of drug-likeness (QED) is 0.594. The van der Waals surface area contributed by atoms with Crippen LogP contribution in [0, 0.1) is 6.92 Å². The third kappa shape index (κ3) is 2.98. The molecule has 1 fully saturated rings. The van der Waals surface area contributed by atoms with Crippen LogP contribution in [0.4, 0.5) is 0 Å². The SMILES string of the molecule is Cc1sc(-c2ccccc2)cc1C1=C(B2OC(C)(C)C(C)(C)O2)CCC1. The molecule has 4 rings (SSSR count). The molecule has 0 unspecified atom stereocenters. The lowest BCUT2D eigenvalue weighted by molar-refractivity contribution is 0.00578. The Hall–Kier alpha value is -1.36. The second-order valence-electron chi connectivity index (χ2n) is 8.39. The van der Waals surface area contributed by atoms with Gasteiger partial charge in [-0.15, -0.1) is 11.3 Å². The minimum absolute atomic E-state index is 0.211. The number of rotatable bonds is 3. The summed E-state index contributed by atoms with van der Waals surface area (Å²) in [6, 6.07) is 13.0. The molecule has 1 aliphatic carbocycles. The van der Waals surface area contributed by atoms with Crippen LogP contribution in [-0.2, 0) is 9.31 Å². The highest BCUT2D eigenvalue weighted by Crippen LogP contribution is 2.46. The van der Waals surface area contributed by atoms with E-state index in [2.05, 4.69) is 71.0 Å². The van der Waals surface area contributed by atoms with Gasteiger partial charge in [-0.1, -0.05) is 30.3 Å². The van der Waals surface area contributed by atoms with Gasteiger partial charge in [0.15, 0.2) is 0 Å². The van der Waals surface area contributed by atoms with Crippen molar-refractivity contribution in [1.82, 2.24) is 0 Å². The van der Waals surface area contributed by atoms with Gasteiger partial charge in [0.05, 0.1) is 11.2 Å². The normalized spacial score (nSPS) is 21.7. The molecule has 2 heterocycles. The highest BCUT2D eigenvalue weighted by molar-refractivity contribution is 7.15. The van der Waals surface area contributed by atoms with Crippen molar-refractivity contribution in [3.05, 3.63) is 52.3 Å². The fourth-order valence-electron chi connectivity index (χ4n) is 3.85. The van der Waals surface area contributed by atoms with Crippen LogP contribution >= 0.6 is 11.3 Å². The maximum Gasteiger partial charge on any atom is 0.490 e.